The fraction of sp³-hybridized carbons (Fsp3) is 0.421. The zero-order chi connectivity index (χ0) is 19.4. The van der Waals surface area contributed by atoms with E-state index in [1.54, 1.807) is 18.4 Å². The van der Waals surface area contributed by atoms with Crippen molar-refractivity contribution in [2.24, 2.45) is 0 Å². The number of thiophene rings is 2. The summed E-state index contributed by atoms with van der Waals surface area (Å²) in [6, 6.07) is 1.96. The Balaban J connectivity index is 1.67. The van der Waals surface area contributed by atoms with Gasteiger partial charge in [-0.15, -0.1) is 11.3 Å². The third-order valence-corrected chi connectivity index (χ3v) is 6.36. The second kappa shape index (κ2) is 8.67. The van der Waals surface area contributed by atoms with E-state index >= 15 is 0 Å². The molecule has 1 aliphatic rings. The molecule has 2 amide bonds. The minimum absolute atomic E-state index is 0.228. The highest BCUT2D eigenvalue weighted by atomic mass is 32.1. The maximum absolute atomic E-state index is 12.7. The lowest BCUT2D eigenvalue weighted by Gasteiger charge is -2.17. The van der Waals surface area contributed by atoms with Crippen LogP contribution in [0, 0.1) is 0 Å². The Kier molecular flexibility index (Phi) is 6.28. The summed E-state index contributed by atoms with van der Waals surface area (Å²) < 4.78 is 5.30. The van der Waals surface area contributed by atoms with E-state index in [2.05, 4.69) is 5.32 Å². The number of amides is 2. The molecule has 6 nitrogen and oxygen atoms in total. The number of anilines is 1. The quantitative estimate of drug-likeness (QED) is 0.746. The Labute approximate surface area is 166 Å². The molecule has 0 fully saturated rings. The SMILES string of the molecule is CC(=O)Nc1sc2c(c1C(=O)OCC(=O)N(C)Cc1ccsc1)CCCC2. The molecule has 8 heteroatoms. The zero-order valence-electron chi connectivity index (χ0n) is 15.4. The summed E-state index contributed by atoms with van der Waals surface area (Å²) in [5, 5.41) is 7.20. The summed E-state index contributed by atoms with van der Waals surface area (Å²) >= 11 is 3.01. The van der Waals surface area contributed by atoms with E-state index in [0.29, 0.717) is 17.1 Å². The van der Waals surface area contributed by atoms with Gasteiger partial charge in [0.1, 0.15) is 5.00 Å². The molecule has 2 heterocycles. The van der Waals surface area contributed by atoms with Crippen LogP contribution in [0.1, 0.15) is 46.1 Å². The third-order valence-electron chi connectivity index (χ3n) is 4.42. The Bertz CT molecular complexity index is 842. The minimum Gasteiger partial charge on any atom is -0.452 e. The molecule has 0 atom stereocenters. The van der Waals surface area contributed by atoms with Crippen LogP contribution in [-0.4, -0.2) is 36.3 Å². The van der Waals surface area contributed by atoms with Crippen LogP contribution in [0.15, 0.2) is 16.8 Å². The van der Waals surface area contributed by atoms with Gasteiger partial charge in [0, 0.05) is 25.4 Å². The van der Waals surface area contributed by atoms with E-state index in [0.717, 1.165) is 41.7 Å². The Morgan fingerprint density at radius 2 is 2.04 bits per heavy atom. The normalized spacial score (nSPS) is 13.0. The summed E-state index contributed by atoms with van der Waals surface area (Å²) in [7, 11) is 1.68. The maximum atomic E-state index is 12.7. The van der Waals surface area contributed by atoms with E-state index < -0.39 is 5.97 Å². The summed E-state index contributed by atoms with van der Waals surface area (Å²) in [6.45, 7) is 1.57. The molecule has 2 aromatic rings. The smallest absolute Gasteiger partial charge is 0.341 e. The van der Waals surface area contributed by atoms with E-state index in [4.69, 9.17) is 4.74 Å². The Morgan fingerprint density at radius 1 is 1.26 bits per heavy atom. The van der Waals surface area contributed by atoms with Gasteiger partial charge in [-0.25, -0.2) is 4.79 Å². The van der Waals surface area contributed by atoms with Crippen molar-refractivity contribution in [3.8, 4) is 0 Å². The topological polar surface area (TPSA) is 75.7 Å². The molecule has 0 aliphatic heterocycles. The molecule has 0 saturated carbocycles. The number of likely N-dealkylation sites (N-methyl/N-ethyl adjacent to an activating group) is 1. The monoisotopic (exact) mass is 406 g/mol. The second-order valence-corrected chi connectivity index (χ2v) is 8.44. The summed E-state index contributed by atoms with van der Waals surface area (Å²) in [4.78, 5) is 39.1. The zero-order valence-corrected chi connectivity index (χ0v) is 17.0. The molecule has 1 N–H and O–H groups in total. The number of esters is 1. The van der Waals surface area contributed by atoms with Gasteiger partial charge in [-0.2, -0.15) is 11.3 Å². The first-order valence-corrected chi connectivity index (χ1v) is 10.6. The molecule has 0 spiro atoms. The first kappa shape index (κ1) is 19.6. The number of aryl methyl sites for hydroxylation is 1. The Morgan fingerprint density at radius 3 is 2.74 bits per heavy atom. The van der Waals surface area contributed by atoms with Crippen molar-refractivity contribution >= 4 is 45.5 Å². The molecule has 0 saturated heterocycles. The molecular formula is C19H22N2O4S2. The Hall–Kier alpha value is -2.19. The number of rotatable bonds is 6. The van der Waals surface area contributed by atoms with Gasteiger partial charge in [0.2, 0.25) is 5.91 Å². The number of carbonyl (C=O) groups is 3. The van der Waals surface area contributed by atoms with Crippen molar-refractivity contribution in [3.05, 3.63) is 38.4 Å². The van der Waals surface area contributed by atoms with Crippen molar-refractivity contribution < 1.29 is 19.1 Å². The molecule has 3 rings (SSSR count). The highest BCUT2D eigenvalue weighted by Gasteiger charge is 2.27. The van der Waals surface area contributed by atoms with Crippen LogP contribution in [0.4, 0.5) is 5.00 Å². The number of carbonyl (C=O) groups excluding carboxylic acids is 3. The van der Waals surface area contributed by atoms with Crippen LogP contribution in [-0.2, 0) is 33.7 Å². The number of nitrogens with one attached hydrogen (secondary N) is 1. The van der Waals surface area contributed by atoms with Gasteiger partial charge >= 0.3 is 5.97 Å². The van der Waals surface area contributed by atoms with E-state index in [-0.39, 0.29) is 18.4 Å². The van der Waals surface area contributed by atoms with Crippen LogP contribution in [0.25, 0.3) is 0 Å². The van der Waals surface area contributed by atoms with Crippen LogP contribution in [0.2, 0.25) is 0 Å². The predicted molar refractivity (Wildman–Crippen MR) is 106 cm³/mol. The molecule has 1 aliphatic carbocycles. The lowest BCUT2D eigenvalue weighted by atomic mass is 9.95. The summed E-state index contributed by atoms with van der Waals surface area (Å²) in [6.07, 6.45) is 3.78. The average Bonchev–Trinajstić information content (AvgIpc) is 3.25. The fourth-order valence-electron chi connectivity index (χ4n) is 3.08. The molecule has 27 heavy (non-hydrogen) atoms. The molecular weight excluding hydrogens is 384 g/mol. The lowest BCUT2D eigenvalue weighted by molar-refractivity contribution is -0.133. The molecule has 0 bridgehead atoms. The van der Waals surface area contributed by atoms with Crippen molar-refractivity contribution in [1.29, 1.82) is 0 Å². The largest absolute Gasteiger partial charge is 0.452 e. The third kappa shape index (κ3) is 4.75. The van der Waals surface area contributed by atoms with Crippen LogP contribution in [0.5, 0.6) is 0 Å². The summed E-state index contributed by atoms with van der Waals surface area (Å²) in [5.41, 5.74) is 2.42. The second-order valence-electron chi connectivity index (χ2n) is 6.55. The maximum Gasteiger partial charge on any atom is 0.341 e. The number of hydrogen-bond acceptors (Lipinski definition) is 6. The number of hydrogen-bond donors (Lipinski definition) is 1. The fourth-order valence-corrected chi connectivity index (χ4v) is 5.07. The van der Waals surface area contributed by atoms with Crippen molar-refractivity contribution in [2.75, 3.05) is 19.0 Å². The van der Waals surface area contributed by atoms with E-state index in [1.165, 1.54) is 23.2 Å². The molecule has 0 unspecified atom stereocenters. The van der Waals surface area contributed by atoms with E-state index in [1.807, 2.05) is 16.8 Å². The van der Waals surface area contributed by atoms with Gasteiger partial charge in [0.15, 0.2) is 6.61 Å². The van der Waals surface area contributed by atoms with Crippen molar-refractivity contribution in [1.82, 2.24) is 4.90 Å². The van der Waals surface area contributed by atoms with Gasteiger partial charge in [0.05, 0.1) is 5.56 Å². The van der Waals surface area contributed by atoms with Crippen molar-refractivity contribution in [2.45, 2.75) is 39.2 Å². The average molecular weight is 407 g/mol. The molecule has 0 radical (unpaired) electrons. The predicted octanol–water partition coefficient (Wildman–Crippen LogP) is 3.46. The highest BCUT2D eigenvalue weighted by molar-refractivity contribution is 7.17. The van der Waals surface area contributed by atoms with Crippen molar-refractivity contribution in [3.63, 3.8) is 0 Å². The highest BCUT2D eigenvalue weighted by Crippen LogP contribution is 2.38. The van der Waals surface area contributed by atoms with Crippen LogP contribution < -0.4 is 5.32 Å². The summed E-state index contributed by atoms with van der Waals surface area (Å²) in [5.74, 6) is -1.04. The van der Waals surface area contributed by atoms with Crippen LogP contribution >= 0.6 is 22.7 Å². The first-order valence-electron chi connectivity index (χ1n) is 8.80. The van der Waals surface area contributed by atoms with Gasteiger partial charge in [-0.3, -0.25) is 9.59 Å². The van der Waals surface area contributed by atoms with E-state index in [9.17, 15) is 14.4 Å². The minimum atomic E-state index is -0.546. The van der Waals surface area contributed by atoms with Gasteiger partial charge in [-0.05, 0) is 53.6 Å². The first-order chi connectivity index (χ1) is 13.0. The number of fused-ring (bicyclic) bond motifs is 1. The van der Waals surface area contributed by atoms with Crippen LogP contribution in [0.3, 0.4) is 0 Å². The van der Waals surface area contributed by atoms with Gasteiger partial charge in [-0.1, -0.05) is 0 Å². The van der Waals surface area contributed by atoms with Gasteiger partial charge in [0.25, 0.3) is 5.91 Å². The number of ether oxygens (including phenoxy) is 1. The molecule has 0 aromatic carbocycles. The lowest BCUT2D eigenvalue weighted by Crippen LogP contribution is -2.30. The van der Waals surface area contributed by atoms with Gasteiger partial charge < -0.3 is 15.0 Å². The standard InChI is InChI=1S/C19H22N2O4S2/c1-12(22)20-18-17(14-5-3-4-6-15(14)27-18)19(24)25-10-16(23)21(2)9-13-7-8-26-11-13/h7-8,11H,3-6,9-10H2,1-2H3,(H,20,22). The number of nitrogens with zero attached hydrogens (tertiary/aromatic N) is 1. The molecule has 144 valence electrons. The molecule has 2 aromatic heterocycles.